The highest BCUT2D eigenvalue weighted by atomic mass is 127. The topological polar surface area (TPSA) is 60.0 Å². The molecule has 26 heavy (non-hydrogen) atoms. The Bertz CT molecular complexity index is 524. The summed E-state index contributed by atoms with van der Waals surface area (Å²) in [7, 11) is 4.36. The fraction of sp³-hybridized carbons (Fsp3) is 0.889. The van der Waals surface area contributed by atoms with Gasteiger partial charge in [0.1, 0.15) is 0 Å². The normalized spacial score (nSPS) is 32.1. The van der Waals surface area contributed by atoms with Crippen LogP contribution in [0.5, 0.6) is 0 Å². The second-order valence-corrected chi connectivity index (χ2v) is 9.18. The van der Waals surface area contributed by atoms with Crippen LogP contribution >= 0.6 is 35.7 Å². The first-order chi connectivity index (χ1) is 12.0. The van der Waals surface area contributed by atoms with Crippen molar-refractivity contribution in [2.24, 2.45) is 10.4 Å². The van der Waals surface area contributed by atoms with Gasteiger partial charge in [-0.05, 0) is 46.0 Å². The third-order valence-electron chi connectivity index (χ3n) is 6.05. The number of likely N-dealkylation sites (tertiary alicyclic amines) is 1. The van der Waals surface area contributed by atoms with Crippen LogP contribution in [-0.2, 0) is 4.79 Å². The highest BCUT2D eigenvalue weighted by Gasteiger charge is 2.43. The molecule has 6 nitrogen and oxygen atoms in total. The lowest BCUT2D eigenvalue weighted by atomic mass is 9.79. The van der Waals surface area contributed by atoms with Crippen LogP contribution in [-0.4, -0.2) is 85.5 Å². The van der Waals surface area contributed by atoms with Crippen LogP contribution < -0.4 is 10.6 Å². The van der Waals surface area contributed by atoms with E-state index in [1.807, 2.05) is 11.8 Å². The number of likely N-dealkylation sites (N-methyl/N-ethyl adjacent to an activating group) is 1. The first-order valence-electron chi connectivity index (χ1n) is 9.54. The molecule has 0 aromatic carbocycles. The van der Waals surface area contributed by atoms with Crippen LogP contribution in [0.2, 0.25) is 0 Å². The van der Waals surface area contributed by atoms with E-state index in [1.165, 1.54) is 12.2 Å². The number of rotatable bonds is 4. The minimum absolute atomic E-state index is 0. The molecule has 2 N–H and O–H groups in total. The second-order valence-electron chi connectivity index (χ2n) is 8.07. The number of thioether (sulfide) groups is 1. The Morgan fingerprint density at radius 2 is 2.23 bits per heavy atom. The number of carbonyl (C=O) groups is 1. The van der Waals surface area contributed by atoms with Gasteiger partial charge in [0, 0.05) is 49.3 Å². The van der Waals surface area contributed by atoms with Gasteiger partial charge in [-0.3, -0.25) is 9.79 Å². The van der Waals surface area contributed by atoms with Crippen molar-refractivity contribution >= 4 is 47.6 Å². The molecule has 0 saturated carbocycles. The molecule has 1 amide bonds. The van der Waals surface area contributed by atoms with E-state index in [2.05, 4.69) is 41.5 Å². The molecule has 0 aromatic heterocycles. The molecule has 0 aromatic rings. The molecule has 3 aliphatic rings. The van der Waals surface area contributed by atoms with Gasteiger partial charge < -0.3 is 20.4 Å². The third kappa shape index (κ3) is 4.79. The van der Waals surface area contributed by atoms with Crippen LogP contribution in [0.25, 0.3) is 0 Å². The van der Waals surface area contributed by atoms with Crippen LogP contribution in [0, 0.1) is 5.41 Å². The summed E-state index contributed by atoms with van der Waals surface area (Å²) >= 11 is 2.03. The van der Waals surface area contributed by atoms with Crippen LogP contribution in [0.1, 0.15) is 32.6 Å². The summed E-state index contributed by atoms with van der Waals surface area (Å²) < 4.78 is 0. The fourth-order valence-corrected chi connectivity index (χ4v) is 5.83. The summed E-state index contributed by atoms with van der Waals surface area (Å²) in [6.45, 7) is 6.63. The Labute approximate surface area is 179 Å². The minimum atomic E-state index is 0. The smallest absolute Gasteiger partial charge is 0.220 e. The Kier molecular flexibility index (Phi) is 7.91. The highest BCUT2D eigenvalue weighted by molar-refractivity contribution is 14.0. The van der Waals surface area contributed by atoms with Gasteiger partial charge in [0.15, 0.2) is 5.96 Å². The Balaban J connectivity index is 0.00000243. The average Bonchev–Trinajstić information content (AvgIpc) is 3.20. The molecule has 0 radical (unpaired) electrons. The number of nitrogens with zero attached hydrogens (tertiary/aromatic N) is 3. The van der Waals surface area contributed by atoms with Gasteiger partial charge in [-0.15, -0.1) is 24.0 Å². The summed E-state index contributed by atoms with van der Waals surface area (Å²) in [4.78, 5) is 21.6. The predicted molar refractivity (Wildman–Crippen MR) is 121 cm³/mol. The van der Waals surface area contributed by atoms with Crippen molar-refractivity contribution in [1.29, 1.82) is 0 Å². The molecule has 3 saturated heterocycles. The number of guanidine groups is 1. The number of aliphatic imine (C=N–C) groups is 1. The van der Waals surface area contributed by atoms with Crippen LogP contribution in [0.4, 0.5) is 0 Å². The minimum Gasteiger partial charge on any atom is -0.357 e. The molecular weight excluding hydrogens is 461 g/mol. The quantitative estimate of drug-likeness (QED) is 0.353. The SMILES string of the molecule is CCNC(=NCC1(N(C)C)CCSC1)N1CCCC2(CNC(=O)C2)C1.I. The van der Waals surface area contributed by atoms with Gasteiger partial charge in [0.05, 0.1) is 6.54 Å². The van der Waals surface area contributed by atoms with Crippen molar-refractivity contribution in [3.8, 4) is 0 Å². The summed E-state index contributed by atoms with van der Waals surface area (Å²) in [6, 6.07) is 0. The van der Waals surface area contributed by atoms with Crippen molar-refractivity contribution in [3.05, 3.63) is 0 Å². The lowest BCUT2D eigenvalue weighted by molar-refractivity contribution is -0.119. The fourth-order valence-electron chi connectivity index (χ4n) is 4.29. The van der Waals surface area contributed by atoms with E-state index in [0.717, 1.165) is 57.3 Å². The molecule has 2 unspecified atom stereocenters. The number of halogens is 1. The number of carbonyl (C=O) groups excluding carboxylic acids is 1. The molecule has 1 spiro atoms. The lowest BCUT2D eigenvalue weighted by Crippen LogP contribution is -2.52. The summed E-state index contributed by atoms with van der Waals surface area (Å²) in [5.41, 5.74) is 0.289. The largest absolute Gasteiger partial charge is 0.357 e. The zero-order valence-corrected chi connectivity index (χ0v) is 19.5. The molecule has 2 atom stereocenters. The third-order valence-corrected chi connectivity index (χ3v) is 7.28. The second kappa shape index (κ2) is 9.32. The van der Waals surface area contributed by atoms with Gasteiger partial charge in [-0.2, -0.15) is 11.8 Å². The van der Waals surface area contributed by atoms with E-state index < -0.39 is 0 Å². The van der Waals surface area contributed by atoms with Crippen molar-refractivity contribution in [2.75, 3.05) is 58.3 Å². The van der Waals surface area contributed by atoms with Crippen molar-refractivity contribution in [1.82, 2.24) is 20.4 Å². The standard InChI is InChI=1S/C18H33N5OS.HI/c1-4-19-16(21-12-18(22(2)3)7-9-25-14-18)23-8-5-6-17(13-23)10-15(24)20-11-17;/h4-14H2,1-3H3,(H,19,21)(H,20,24);1H. The molecule has 3 heterocycles. The monoisotopic (exact) mass is 495 g/mol. The van der Waals surface area contributed by atoms with E-state index in [4.69, 9.17) is 4.99 Å². The molecular formula is C18H34IN5OS. The molecule has 0 bridgehead atoms. The van der Waals surface area contributed by atoms with E-state index in [9.17, 15) is 4.79 Å². The van der Waals surface area contributed by atoms with Gasteiger partial charge in [-0.1, -0.05) is 0 Å². The first-order valence-corrected chi connectivity index (χ1v) is 10.7. The van der Waals surface area contributed by atoms with E-state index >= 15 is 0 Å². The highest BCUT2D eigenvalue weighted by Crippen LogP contribution is 2.36. The summed E-state index contributed by atoms with van der Waals surface area (Å²) in [5, 5.41) is 6.53. The zero-order chi connectivity index (χ0) is 17.9. The molecule has 3 rings (SSSR count). The van der Waals surface area contributed by atoms with Crippen molar-refractivity contribution in [2.45, 2.75) is 38.1 Å². The van der Waals surface area contributed by atoms with E-state index in [0.29, 0.717) is 6.42 Å². The van der Waals surface area contributed by atoms with E-state index in [1.54, 1.807) is 0 Å². The molecule has 0 aliphatic carbocycles. The van der Waals surface area contributed by atoms with E-state index in [-0.39, 0.29) is 40.8 Å². The molecule has 150 valence electrons. The summed E-state index contributed by atoms with van der Waals surface area (Å²) in [5.74, 6) is 3.62. The van der Waals surface area contributed by atoms with Crippen molar-refractivity contribution in [3.63, 3.8) is 0 Å². The number of nitrogens with one attached hydrogen (secondary N) is 2. The van der Waals surface area contributed by atoms with Crippen LogP contribution in [0.3, 0.4) is 0 Å². The number of amides is 1. The maximum atomic E-state index is 11.8. The number of hydrogen-bond donors (Lipinski definition) is 2. The van der Waals surface area contributed by atoms with Gasteiger partial charge in [0.25, 0.3) is 0 Å². The maximum absolute atomic E-state index is 11.8. The zero-order valence-electron chi connectivity index (χ0n) is 16.3. The molecule has 8 heteroatoms. The Morgan fingerprint density at radius 3 is 2.81 bits per heavy atom. The average molecular weight is 495 g/mol. The van der Waals surface area contributed by atoms with Crippen LogP contribution in [0.15, 0.2) is 4.99 Å². The van der Waals surface area contributed by atoms with Crippen molar-refractivity contribution < 1.29 is 4.79 Å². The number of hydrogen-bond acceptors (Lipinski definition) is 4. The first kappa shape index (κ1) is 22.1. The lowest BCUT2D eigenvalue weighted by Gasteiger charge is -2.41. The van der Waals surface area contributed by atoms with Gasteiger partial charge >= 0.3 is 0 Å². The summed E-state index contributed by atoms with van der Waals surface area (Å²) in [6.07, 6.45) is 4.14. The Morgan fingerprint density at radius 1 is 1.42 bits per heavy atom. The number of piperidine rings is 1. The van der Waals surface area contributed by atoms with Gasteiger partial charge in [0.2, 0.25) is 5.91 Å². The maximum Gasteiger partial charge on any atom is 0.220 e. The predicted octanol–water partition coefficient (Wildman–Crippen LogP) is 1.61. The Hall–Kier alpha value is -0.220. The molecule has 3 aliphatic heterocycles. The molecule has 3 fully saturated rings. The van der Waals surface area contributed by atoms with Gasteiger partial charge in [-0.25, -0.2) is 0 Å².